The number of aromatic nitrogens is 6. The third-order valence-electron chi connectivity index (χ3n) is 5.36. The van der Waals surface area contributed by atoms with Crippen LogP contribution in [0, 0.1) is 6.92 Å². The average molecular weight is 489 g/mol. The average Bonchev–Trinajstić information content (AvgIpc) is 3.37. The second kappa shape index (κ2) is 9.35. The van der Waals surface area contributed by atoms with Crippen LogP contribution in [0.25, 0.3) is 22.5 Å². The quantitative estimate of drug-likeness (QED) is 0.335. The maximum Gasteiger partial charge on any atom is 0.459 e. The Morgan fingerprint density at radius 2 is 1.60 bits per heavy atom. The molecule has 0 aliphatic rings. The molecule has 0 unspecified atom stereocenters. The van der Waals surface area contributed by atoms with Gasteiger partial charge in [0, 0.05) is 17.7 Å². The molecule has 0 atom stereocenters. The highest BCUT2D eigenvalue weighted by atomic mass is 19.4. The number of alkyl halides is 5. The molecular formula is C23H20F5N7. The van der Waals surface area contributed by atoms with E-state index in [9.17, 15) is 22.0 Å². The first-order valence-electron chi connectivity index (χ1n) is 10.6. The minimum atomic E-state index is -5.76. The number of benzene rings is 2. The van der Waals surface area contributed by atoms with Crippen molar-refractivity contribution >= 4 is 5.82 Å². The summed E-state index contributed by atoms with van der Waals surface area (Å²) in [6, 6.07) is 14.9. The standard InChI is InChI=1S/C23H20F5N7/c1-3-16-19(22(24,25)23(26,27)28)30-13(2)31-20(16)29-12-14-8-10-15(11-9-14)17-6-4-5-7-18(17)21-32-34-35-33-21/h4-11H,3,12H2,1-2H3,(H,29,30,31)(H,32,33,34,35). The molecule has 35 heavy (non-hydrogen) atoms. The van der Waals surface area contributed by atoms with Gasteiger partial charge in [0.1, 0.15) is 17.3 Å². The molecule has 12 heteroatoms. The molecule has 0 amide bonds. The highest BCUT2D eigenvalue weighted by Crippen LogP contribution is 2.45. The molecule has 0 aliphatic carbocycles. The first-order chi connectivity index (χ1) is 16.6. The lowest BCUT2D eigenvalue weighted by Crippen LogP contribution is -2.36. The molecule has 0 saturated carbocycles. The highest BCUT2D eigenvalue weighted by molar-refractivity contribution is 5.80. The number of nitrogens with zero attached hydrogens (tertiary/aromatic N) is 5. The summed E-state index contributed by atoms with van der Waals surface area (Å²) >= 11 is 0. The number of nitrogens with one attached hydrogen (secondary N) is 2. The fraction of sp³-hybridized carbons (Fsp3) is 0.261. The fourth-order valence-electron chi connectivity index (χ4n) is 3.66. The van der Waals surface area contributed by atoms with Crippen molar-refractivity contribution in [3.8, 4) is 22.5 Å². The Bertz CT molecular complexity index is 1300. The lowest BCUT2D eigenvalue weighted by atomic mass is 9.98. The predicted octanol–water partition coefficient (Wildman–Crippen LogP) is 5.46. The highest BCUT2D eigenvalue weighted by Gasteiger charge is 2.61. The predicted molar refractivity (Wildman–Crippen MR) is 118 cm³/mol. The number of rotatable bonds is 7. The summed E-state index contributed by atoms with van der Waals surface area (Å²) in [6.07, 6.45) is -5.86. The third kappa shape index (κ3) is 4.81. The van der Waals surface area contributed by atoms with Gasteiger partial charge in [0.2, 0.25) is 5.82 Å². The number of aryl methyl sites for hydroxylation is 1. The van der Waals surface area contributed by atoms with E-state index in [0.29, 0.717) is 5.82 Å². The molecule has 0 aliphatic heterocycles. The van der Waals surface area contributed by atoms with E-state index in [1.165, 1.54) is 13.8 Å². The molecule has 0 bridgehead atoms. The molecule has 2 aromatic carbocycles. The topological polar surface area (TPSA) is 92.3 Å². The maximum absolute atomic E-state index is 14.1. The Kier molecular flexibility index (Phi) is 6.46. The Morgan fingerprint density at radius 1 is 0.914 bits per heavy atom. The van der Waals surface area contributed by atoms with Crippen LogP contribution in [0.15, 0.2) is 48.5 Å². The van der Waals surface area contributed by atoms with Crippen LogP contribution in [0.5, 0.6) is 0 Å². The molecule has 4 rings (SSSR count). The summed E-state index contributed by atoms with van der Waals surface area (Å²) in [6.45, 7) is 2.91. The van der Waals surface area contributed by atoms with Gasteiger partial charge in [0.15, 0.2) is 0 Å². The van der Waals surface area contributed by atoms with Gasteiger partial charge in [0.05, 0.1) is 0 Å². The van der Waals surface area contributed by atoms with Crippen molar-refractivity contribution in [3.63, 3.8) is 0 Å². The molecule has 2 aromatic heterocycles. The van der Waals surface area contributed by atoms with Crippen molar-refractivity contribution in [2.24, 2.45) is 0 Å². The zero-order chi connectivity index (χ0) is 25.2. The summed E-state index contributed by atoms with van der Waals surface area (Å²) in [7, 11) is 0. The molecule has 0 fully saturated rings. The van der Waals surface area contributed by atoms with Crippen LogP contribution in [0.4, 0.5) is 27.8 Å². The van der Waals surface area contributed by atoms with Crippen molar-refractivity contribution in [2.75, 3.05) is 5.32 Å². The van der Waals surface area contributed by atoms with E-state index in [0.717, 1.165) is 22.3 Å². The Labute approximate surface area is 196 Å². The fourth-order valence-corrected chi connectivity index (χ4v) is 3.66. The first-order valence-corrected chi connectivity index (χ1v) is 10.6. The van der Waals surface area contributed by atoms with Gasteiger partial charge in [0.25, 0.3) is 0 Å². The molecule has 2 heterocycles. The second-order valence-electron chi connectivity index (χ2n) is 7.70. The number of aromatic amines is 1. The van der Waals surface area contributed by atoms with E-state index in [1.54, 1.807) is 0 Å². The summed E-state index contributed by atoms with van der Waals surface area (Å²) < 4.78 is 67.2. The van der Waals surface area contributed by atoms with E-state index in [2.05, 4.69) is 35.9 Å². The number of halogens is 5. The third-order valence-corrected chi connectivity index (χ3v) is 5.36. The molecule has 2 N–H and O–H groups in total. The maximum atomic E-state index is 14.1. The van der Waals surface area contributed by atoms with Gasteiger partial charge in [-0.05, 0) is 35.2 Å². The summed E-state index contributed by atoms with van der Waals surface area (Å²) in [4.78, 5) is 7.51. The van der Waals surface area contributed by atoms with Crippen molar-refractivity contribution in [1.82, 2.24) is 30.6 Å². The Morgan fingerprint density at radius 3 is 2.20 bits per heavy atom. The Balaban J connectivity index is 1.58. The van der Waals surface area contributed by atoms with Gasteiger partial charge in [-0.15, -0.1) is 10.2 Å². The molecule has 0 spiro atoms. The van der Waals surface area contributed by atoms with Crippen molar-refractivity contribution in [2.45, 2.75) is 38.9 Å². The molecule has 4 aromatic rings. The van der Waals surface area contributed by atoms with Crippen LogP contribution >= 0.6 is 0 Å². The normalized spacial score (nSPS) is 12.1. The van der Waals surface area contributed by atoms with E-state index >= 15 is 0 Å². The molecule has 182 valence electrons. The van der Waals surface area contributed by atoms with Crippen LogP contribution in [-0.2, 0) is 18.9 Å². The van der Waals surface area contributed by atoms with E-state index < -0.39 is 17.8 Å². The monoisotopic (exact) mass is 489 g/mol. The second-order valence-corrected chi connectivity index (χ2v) is 7.70. The lowest BCUT2D eigenvalue weighted by molar-refractivity contribution is -0.291. The van der Waals surface area contributed by atoms with Crippen molar-refractivity contribution in [1.29, 1.82) is 0 Å². The summed E-state index contributed by atoms with van der Waals surface area (Å²) in [5, 5.41) is 17.0. The van der Waals surface area contributed by atoms with Crippen LogP contribution in [0.3, 0.4) is 0 Å². The Hall–Kier alpha value is -3.96. The zero-order valence-electron chi connectivity index (χ0n) is 18.7. The summed E-state index contributed by atoms with van der Waals surface area (Å²) in [5.41, 5.74) is 1.72. The van der Waals surface area contributed by atoms with E-state index in [4.69, 9.17) is 0 Å². The number of hydrogen-bond acceptors (Lipinski definition) is 6. The minimum absolute atomic E-state index is 0.0505. The van der Waals surface area contributed by atoms with Crippen molar-refractivity contribution in [3.05, 3.63) is 71.2 Å². The van der Waals surface area contributed by atoms with E-state index in [-0.39, 0.29) is 30.2 Å². The molecular weight excluding hydrogens is 469 g/mol. The molecule has 0 radical (unpaired) electrons. The smallest absolute Gasteiger partial charge is 0.366 e. The van der Waals surface area contributed by atoms with Gasteiger partial charge in [-0.2, -0.15) is 27.2 Å². The number of anilines is 1. The minimum Gasteiger partial charge on any atom is -0.366 e. The van der Waals surface area contributed by atoms with Crippen molar-refractivity contribution < 1.29 is 22.0 Å². The number of H-pyrrole nitrogens is 1. The summed E-state index contributed by atoms with van der Waals surface area (Å²) in [5.74, 6) is -4.87. The van der Waals surface area contributed by atoms with Crippen LogP contribution in [0.2, 0.25) is 0 Å². The number of hydrogen-bond donors (Lipinski definition) is 2. The van der Waals surface area contributed by atoms with Gasteiger partial charge >= 0.3 is 12.1 Å². The van der Waals surface area contributed by atoms with E-state index in [1.807, 2.05) is 48.5 Å². The van der Waals surface area contributed by atoms with Gasteiger partial charge in [-0.3, -0.25) is 0 Å². The van der Waals surface area contributed by atoms with Crippen LogP contribution in [0.1, 0.15) is 29.6 Å². The zero-order valence-corrected chi connectivity index (χ0v) is 18.7. The number of tetrazole rings is 1. The SMILES string of the molecule is CCc1c(NCc2ccc(-c3ccccc3-c3nn[nH]n3)cc2)nc(C)nc1C(F)(F)C(F)(F)F. The van der Waals surface area contributed by atoms with Gasteiger partial charge < -0.3 is 5.32 Å². The lowest BCUT2D eigenvalue weighted by Gasteiger charge is -2.23. The van der Waals surface area contributed by atoms with Gasteiger partial charge in [-0.1, -0.05) is 55.5 Å². The largest absolute Gasteiger partial charge is 0.459 e. The molecule has 7 nitrogen and oxygen atoms in total. The van der Waals surface area contributed by atoms with Crippen LogP contribution in [-0.4, -0.2) is 36.8 Å². The van der Waals surface area contributed by atoms with Gasteiger partial charge in [-0.25, -0.2) is 9.97 Å². The first kappa shape index (κ1) is 24.2. The van der Waals surface area contributed by atoms with Crippen LogP contribution < -0.4 is 5.32 Å². The molecule has 0 saturated heterocycles.